The Balaban J connectivity index is 1.54. The lowest BCUT2D eigenvalue weighted by Crippen LogP contribution is -2.46. The fraction of sp³-hybridized carbons (Fsp3) is 0.0870. The summed E-state index contributed by atoms with van der Waals surface area (Å²) < 4.78 is 5.60. The number of ketones is 1. The van der Waals surface area contributed by atoms with Gasteiger partial charge in [-0.15, -0.1) is 0 Å². The zero-order valence-electron chi connectivity index (χ0n) is 15.8. The molecule has 6 heteroatoms. The Morgan fingerprint density at radius 3 is 2.17 bits per heavy atom. The molecule has 3 rings (SSSR count). The number of ether oxygens (including phenoxy) is 1. The Bertz CT molecular complexity index is 1010. The summed E-state index contributed by atoms with van der Waals surface area (Å²) in [7, 11) is 0. The standard InChI is InChI=1S/C23H20N2O4/c1-16-11-13-18(14-12-16)22(27)23(28)25-24-21(26)15-29-20-10-6-5-9-19(20)17-7-3-2-4-8-17/h2-14H,15H2,1H3,(H,24,26)(H,25,28). The van der Waals surface area contributed by atoms with Crippen molar-refractivity contribution in [3.63, 3.8) is 0 Å². The third-order valence-electron chi connectivity index (χ3n) is 4.17. The summed E-state index contributed by atoms with van der Waals surface area (Å²) in [4.78, 5) is 36.0. The van der Waals surface area contributed by atoms with Gasteiger partial charge >= 0.3 is 5.91 Å². The van der Waals surface area contributed by atoms with Crippen LogP contribution in [0.15, 0.2) is 78.9 Å². The van der Waals surface area contributed by atoms with Gasteiger partial charge in [-0.05, 0) is 18.6 Å². The van der Waals surface area contributed by atoms with Crippen molar-refractivity contribution >= 4 is 17.6 Å². The molecule has 3 aromatic rings. The lowest BCUT2D eigenvalue weighted by atomic mass is 10.1. The highest BCUT2D eigenvalue weighted by Crippen LogP contribution is 2.29. The molecule has 2 amide bonds. The van der Waals surface area contributed by atoms with E-state index < -0.39 is 17.6 Å². The Hall–Kier alpha value is -3.93. The summed E-state index contributed by atoms with van der Waals surface area (Å²) in [5.74, 6) is -1.71. The molecule has 0 aliphatic rings. The first kappa shape index (κ1) is 19.8. The molecule has 0 bridgehead atoms. The van der Waals surface area contributed by atoms with Crippen LogP contribution in [0.3, 0.4) is 0 Å². The van der Waals surface area contributed by atoms with Gasteiger partial charge in [0.25, 0.3) is 11.7 Å². The largest absolute Gasteiger partial charge is 0.483 e. The van der Waals surface area contributed by atoms with E-state index in [1.165, 1.54) is 0 Å². The monoisotopic (exact) mass is 388 g/mol. The first-order chi connectivity index (χ1) is 14.0. The van der Waals surface area contributed by atoms with E-state index in [2.05, 4.69) is 10.9 Å². The highest BCUT2D eigenvalue weighted by Gasteiger charge is 2.17. The van der Waals surface area contributed by atoms with Crippen molar-refractivity contribution in [2.75, 3.05) is 6.61 Å². The highest BCUT2D eigenvalue weighted by molar-refractivity contribution is 6.42. The molecular formula is C23H20N2O4. The van der Waals surface area contributed by atoms with Crippen molar-refractivity contribution in [1.82, 2.24) is 10.9 Å². The summed E-state index contributed by atoms with van der Waals surface area (Å²) in [5, 5.41) is 0. The number of para-hydroxylation sites is 1. The molecule has 0 aliphatic carbocycles. The lowest BCUT2D eigenvalue weighted by Gasteiger charge is -2.12. The van der Waals surface area contributed by atoms with E-state index in [1.807, 2.05) is 55.5 Å². The van der Waals surface area contributed by atoms with Crippen molar-refractivity contribution in [3.05, 3.63) is 90.0 Å². The van der Waals surface area contributed by atoms with Gasteiger partial charge in [-0.1, -0.05) is 78.4 Å². The molecule has 0 atom stereocenters. The molecule has 0 unspecified atom stereocenters. The van der Waals surface area contributed by atoms with Crippen LogP contribution in [0.25, 0.3) is 11.1 Å². The summed E-state index contributed by atoms with van der Waals surface area (Å²) >= 11 is 0. The summed E-state index contributed by atoms with van der Waals surface area (Å²) in [6.45, 7) is 1.56. The Morgan fingerprint density at radius 1 is 0.793 bits per heavy atom. The molecular weight excluding hydrogens is 368 g/mol. The van der Waals surface area contributed by atoms with Crippen molar-refractivity contribution in [1.29, 1.82) is 0 Å². The van der Waals surface area contributed by atoms with Crippen molar-refractivity contribution in [2.24, 2.45) is 0 Å². The van der Waals surface area contributed by atoms with Crippen molar-refractivity contribution in [3.8, 4) is 16.9 Å². The molecule has 0 fully saturated rings. The number of carbonyl (C=O) groups is 3. The van der Waals surface area contributed by atoms with E-state index in [9.17, 15) is 14.4 Å². The first-order valence-electron chi connectivity index (χ1n) is 9.02. The molecule has 6 nitrogen and oxygen atoms in total. The highest BCUT2D eigenvalue weighted by atomic mass is 16.5. The molecule has 2 N–H and O–H groups in total. The predicted octanol–water partition coefficient (Wildman–Crippen LogP) is 3.07. The van der Waals surface area contributed by atoms with Gasteiger partial charge in [0.2, 0.25) is 0 Å². The number of hydrazine groups is 1. The van der Waals surface area contributed by atoms with E-state index in [-0.39, 0.29) is 12.2 Å². The van der Waals surface area contributed by atoms with Crippen molar-refractivity contribution in [2.45, 2.75) is 6.92 Å². The van der Waals surface area contributed by atoms with Gasteiger partial charge < -0.3 is 4.74 Å². The number of hydrogen-bond acceptors (Lipinski definition) is 4. The van der Waals surface area contributed by atoms with Crippen LogP contribution in [0.4, 0.5) is 0 Å². The van der Waals surface area contributed by atoms with Gasteiger partial charge in [0.1, 0.15) is 5.75 Å². The van der Waals surface area contributed by atoms with Gasteiger partial charge in [-0.3, -0.25) is 25.2 Å². The average molecular weight is 388 g/mol. The molecule has 0 aliphatic heterocycles. The second-order valence-electron chi connectivity index (χ2n) is 6.35. The fourth-order valence-corrected chi connectivity index (χ4v) is 2.65. The number of hydrogen-bond donors (Lipinski definition) is 2. The number of carbonyl (C=O) groups excluding carboxylic acids is 3. The van der Waals surface area contributed by atoms with E-state index in [4.69, 9.17) is 4.74 Å². The minimum atomic E-state index is -0.924. The van der Waals surface area contributed by atoms with Crippen LogP contribution >= 0.6 is 0 Å². The SMILES string of the molecule is Cc1ccc(C(=O)C(=O)NNC(=O)COc2ccccc2-c2ccccc2)cc1. The maximum absolute atomic E-state index is 12.1. The maximum Gasteiger partial charge on any atom is 0.310 e. The van der Waals surface area contributed by atoms with E-state index in [0.29, 0.717) is 5.75 Å². The zero-order chi connectivity index (χ0) is 20.6. The minimum Gasteiger partial charge on any atom is -0.483 e. The second kappa shape index (κ2) is 9.32. The molecule has 0 spiro atoms. The molecule has 0 heterocycles. The molecule has 146 valence electrons. The second-order valence-corrected chi connectivity index (χ2v) is 6.35. The number of amides is 2. The average Bonchev–Trinajstić information content (AvgIpc) is 2.77. The quantitative estimate of drug-likeness (QED) is 0.386. The number of benzene rings is 3. The third kappa shape index (κ3) is 5.29. The van der Waals surface area contributed by atoms with Crippen LogP contribution in [0.5, 0.6) is 5.75 Å². The number of nitrogens with one attached hydrogen (secondary N) is 2. The van der Waals surface area contributed by atoms with Crippen LogP contribution in [-0.4, -0.2) is 24.2 Å². The molecule has 0 aromatic heterocycles. The third-order valence-corrected chi connectivity index (χ3v) is 4.17. The Kier molecular flexibility index (Phi) is 6.37. The van der Waals surface area contributed by atoms with E-state index in [0.717, 1.165) is 16.7 Å². The normalized spacial score (nSPS) is 10.1. The van der Waals surface area contributed by atoms with Gasteiger partial charge in [0, 0.05) is 11.1 Å². The van der Waals surface area contributed by atoms with Gasteiger partial charge in [-0.25, -0.2) is 0 Å². The van der Waals surface area contributed by atoms with Crippen LogP contribution in [0, 0.1) is 6.92 Å². The van der Waals surface area contributed by atoms with Crippen LogP contribution in [0.2, 0.25) is 0 Å². The van der Waals surface area contributed by atoms with Crippen LogP contribution < -0.4 is 15.6 Å². The topological polar surface area (TPSA) is 84.5 Å². The van der Waals surface area contributed by atoms with Crippen molar-refractivity contribution < 1.29 is 19.1 Å². The lowest BCUT2D eigenvalue weighted by molar-refractivity contribution is -0.128. The van der Waals surface area contributed by atoms with Crippen LogP contribution in [-0.2, 0) is 9.59 Å². The predicted molar refractivity (Wildman–Crippen MR) is 109 cm³/mol. The smallest absolute Gasteiger partial charge is 0.310 e. The molecule has 0 saturated heterocycles. The summed E-state index contributed by atoms with van der Waals surface area (Å²) in [6.07, 6.45) is 0. The Labute approximate surface area is 168 Å². The fourth-order valence-electron chi connectivity index (χ4n) is 2.65. The summed E-state index contributed by atoms with van der Waals surface area (Å²) in [5.41, 5.74) is 7.33. The first-order valence-corrected chi connectivity index (χ1v) is 9.02. The van der Waals surface area contributed by atoms with E-state index in [1.54, 1.807) is 30.3 Å². The minimum absolute atomic E-state index is 0.246. The maximum atomic E-state index is 12.1. The molecule has 0 saturated carbocycles. The molecule has 0 radical (unpaired) electrons. The Morgan fingerprint density at radius 2 is 1.45 bits per heavy atom. The molecule has 29 heavy (non-hydrogen) atoms. The number of rotatable bonds is 6. The zero-order valence-corrected chi connectivity index (χ0v) is 15.8. The van der Waals surface area contributed by atoms with Gasteiger partial charge in [0.05, 0.1) is 0 Å². The van der Waals surface area contributed by atoms with Gasteiger partial charge in [-0.2, -0.15) is 0 Å². The van der Waals surface area contributed by atoms with E-state index >= 15 is 0 Å². The molecule has 3 aromatic carbocycles. The summed E-state index contributed by atoms with van der Waals surface area (Å²) in [6, 6.07) is 23.6. The van der Waals surface area contributed by atoms with Gasteiger partial charge in [0.15, 0.2) is 6.61 Å². The van der Waals surface area contributed by atoms with Crippen LogP contribution in [0.1, 0.15) is 15.9 Å². The number of aryl methyl sites for hydroxylation is 1. The number of Topliss-reactive ketones (excluding diaryl/α,β-unsaturated/α-hetero) is 1.